The highest BCUT2D eigenvalue weighted by molar-refractivity contribution is 7.91. The second kappa shape index (κ2) is 10.00. The molecule has 0 saturated carbocycles. The third kappa shape index (κ3) is 8.26. The lowest BCUT2D eigenvalue weighted by Crippen LogP contribution is -2.46. The standard InChI is InChI=1S/C14H30N4O2S/c1-3-4-5-6-7-16-14(15-2)17-8-9-18-10-12-21(19,20)13-11-18/h3-13H2,1-2H3,(H2,15,16,17). The first-order valence-corrected chi connectivity index (χ1v) is 9.77. The number of hydrogen-bond donors (Lipinski definition) is 2. The average molecular weight is 318 g/mol. The van der Waals surface area contributed by atoms with E-state index in [2.05, 4.69) is 27.4 Å². The van der Waals surface area contributed by atoms with Crippen molar-refractivity contribution in [3.8, 4) is 0 Å². The largest absolute Gasteiger partial charge is 0.356 e. The summed E-state index contributed by atoms with van der Waals surface area (Å²) in [6.45, 7) is 6.09. The van der Waals surface area contributed by atoms with Crippen LogP contribution in [0.2, 0.25) is 0 Å². The lowest BCUT2D eigenvalue weighted by atomic mass is 10.2. The van der Waals surface area contributed by atoms with Crippen molar-refractivity contribution in [3.63, 3.8) is 0 Å². The predicted octanol–water partition coefficient (Wildman–Crippen LogP) is 0.462. The summed E-state index contributed by atoms with van der Waals surface area (Å²) in [5.74, 6) is 1.41. The Bertz CT molecular complexity index is 395. The van der Waals surface area contributed by atoms with Gasteiger partial charge in [-0.3, -0.25) is 9.89 Å². The summed E-state index contributed by atoms with van der Waals surface area (Å²) in [6, 6.07) is 0. The van der Waals surface area contributed by atoms with E-state index in [0.717, 1.165) is 25.6 Å². The molecule has 1 aliphatic heterocycles. The van der Waals surface area contributed by atoms with Gasteiger partial charge in [-0.25, -0.2) is 8.42 Å². The van der Waals surface area contributed by atoms with Crippen molar-refractivity contribution in [2.75, 3.05) is 51.3 Å². The molecule has 6 nitrogen and oxygen atoms in total. The lowest BCUT2D eigenvalue weighted by Gasteiger charge is -2.26. The third-order valence-corrected chi connectivity index (χ3v) is 5.31. The molecular weight excluding hydrogens is 288 g/mol. The maximum absolute atomic E-state index is 11.3. The molecule has 0 atom stereocenters. The normalized spacial score (nSPS) is 19.4. The zero-order chi connectivity index (χ0) is 15.6. The van der Waals surface area contributed by atoms with Crippen LogP contribution in [0.3, 0.4) is 0 Å². The number of hydrogen-bond acceptors (Lipinski definition) is 4. The highest BCUT2D eigenvalue weighted by atomic mass is 32.2. The summed E-state index contributed by atoms with van der Waals surface area (Å²) in [5, 5.41) is 6.58. The Morgan fingerprint density at radius 1 is 1.10 bits per heavy atom. The van der Waals surface area contributed by atoms with E-state index in [9.17, 15) is 8.42 Å². The fourth-order valence-corrected chi connectivity index (χ4v) is 3.56. The van der Waals surface area contributed by atoms with Gasteiger partial charge < -0.3 is 10.6 Å². The van der Waals surface area contributed by atoms with Gasteiger partial charge in [-0.2, -0.15) is 0 Å². The Kier molecular flexibility index (Phi) is 8.68. The zero-order valence-electron chi connectivity index (χ0n) is 13.4. The average Bonchev–Trinajstić information content (AvgIpc) is 2.47. The maximum atomic E-state index is 11.3. The first-order valence-electron chi connectivity index (χ1n) is 7.94. The van der Waals surface area contributed by atoms with Crippen molar-refractivity contribution >= 4 is 15.8 Å². The third-order valence-electron chi connectivity index (χ3n) is 3.70. The second-order valence-electron chi connectivity index (χ2n) is 5.48. The van der Waals surface area contributed by atoms with Crippen molar-refractivity contribution in [1.29, 1.82) is 0 Å². The van der Waals surface area contributed by atoms with Crippen molar-refractivity contribution in [2.45, 2.75) is 32.6 Å². The smallest absolute Gasteiger partial charge is 0.191 e. The van der Waals surface area contributed by atoms with Crippen molar-refractivity contribution < 1.29 is 8.42 Å². The van der Waals surface area contributed by atoms with Gasteiger partial charge in [0.05, 0.1) is 11.5 Å². The molecule has 1 fully saturated rings. The molecule has 21 heavy (non-hydrogen) atoms. The highest BCUT2D eigenvalue weighted by Crippen LogP contribution is 2.02. The van der Waals surface area contributed by atoms with Gasteiger partial charge in [-0.15, -0.1) is 0 Å². The molecular formula is C14H30N4O2S. The van der Waals surface area contributed by atoms with Crippen LogP contribution in [0, 0.1) is 0 Å². The van der Waals surface area contributed by atoms with Crippen LogP contribution in [0.15, 0.2) is 4.99 Å². The number of nitrogens with one attached hydrogen (secondary N) is 2. The first kappa shape index (κ1) is 18.2. The van der Waals surface area contributed by atoms with E-state index in [1.807, 2.05) is 0 Å². The summed E-state index contributed by atoms with van der Waals surface area (Å²) in [4.78, 5) is 6.37. The summed E-state index contributed by atoms with van der Waals surface area (Å²) in [7, 11) is -1.01. The van der Waals surface area contributed by atoms with Gasteiger partial charge in [0.15, 0.2) is 15.8 Å². The minimum absolute atomic E-state index is 0.289. The van der Waals surface area contributed by atoms with Crippen LogP contribution >= 0.6 is 0 Å². The molecule has 1 aliphatic rings. The Morgan fingerprint density at radius 2 is 1.76 bits per heavy atom. The number of nitrogens with zero attached hydrogens (tertiary/aromatic N) is 2. The fraction of sp³-hybridized carbons (Fsp3) is 0.929. The van der Waals surface area contributed by atoms with Crippen LogP contribution in [0.1, 0.15) is 32.6 Å². The molecule has 1 rings (SSSR count). The van der Waals surface area contributed by atoms with Crippen LogP contribution < -0.4 is 10.6 Å². The maximum Gasteiger partial charge on any atom is 0.191 e. The van der Waals surface area contributed by atoms with E-state index < -0.39 is 9.84 Å². The van der Waals surface area contributed by atoms with E-state index in [0.29, 0.717) is 13.1 Å². The first-order chi connectivity index (χ1) is 10.1. The van der Waals surface area contributed by atoms with Crippen LogP contribution in [-0.2, 0) is 9.84 Å². The van der Waals surface area contributed by atoms with Gasteiger partial charge in [-0.05, 0) is 6.42 Å². The van der Waals surface area contributed by atoms with Crippen molar-refractivity contribution in [2.24, 2.45) is 4.99 Å². The SMILES string of the molecule is CCCCCCNC(=NC)NCCN1CCS(=O)(=O)CC1. The Morgan fingerprint density at radius 3 is 2.38 bits per heavy atom. The van der Waals surface area contributed by atoms with Crippen LogP contribution in [0.25, 0.3) is 0 Å². The number of sulfone groups is 1. The van der Waals surface area contributed by atoms with E-state index in [4.69, 9.17) is 0 Å². The molecule has 0 aromatic rings. The summed E-state index contributed by atoms with van der Waals surface area (Å²) in [6.07, 6.45) is 4.95. The van der Waals surface area contributed by atoms with Crippen molar-refractivity contribution in [3.05, 3.63) is 0 Å². The molecule has 124 valence electrons. The van der Waals surface area contributed by atoms with Gasteiger partial charge in [0.1, 0.15) is 0 Å². The fourth-order valence-electron chi connectivity index (χ4n) is 2.29. The molecule has 0 bridgehead atoms. The Balaban J connectivity index is 2.10. The number of unbranched alkanes of at least 4 members (excludes halogenated alkanes) is 3. The van der Waals surface area contributed by atoms with Gasteiger partial charge in [0.2, 0.25) is 0 Å². The second-order valence-corrected chi connectivity index (χ2v) is 7.78. The van der Waals surface area contributed by atoms with Crippen LogP contribution in [0.5, 0.6) is 0 Å². The Hall–Kier alpha value is -0.820. The molecule has 2 N–H and O–H groups in total. The number of rotatable bonds is 8. The molecule has 0 aromatic heterocycles. The monoisotopic (exact) mass is 318 g/mol. The van der Waals surface area contributed by atoms with Gasteiger partial charge >= 0.3 is 0 Å². The van der Waals surface area contributed by atoms with Gasteiger partial charge in [-0.1, -0.05) is 26.2 Å². The molecule has 0 spiro atoms. The number of guanidine groups is 1. The van der Waals surface area contributed by atoms with Gasteiger partial charge in [0.25, 0.3) is 0 Å². The van der Waals surface area contributed by atoms with Crippen LogP contribution in [0.4, 0.5) is 0 Å². The quantitative estimate of drug-likeness (QED) is 0.386. The Labute approximate surface area is 129 Å². The minimum atomic E-state index is -2.78. The van der Waals surface area contributed by atoms with E-state index >= 15 is 0 Å². The van der Waals surface area contributed by atoms with Gasteiger partial charge in [0, 0.05) is 39.8 Å². The van der Waals surface area contributed by atoms with Crippen molar-refractivity contribution in [1.82, 2.24) is 15.5 Å². The summed E-state index contributed by atoms with van der Waals surface area (Å²) in [5.41, 5.74) is 0. The van der Waals surface area contributed by atoms with E-state index in [1.165, 1.54) is 25.7 Å². The molecule has 0 unspecified atom stereocenters. The predicted molar refractivity (Wildman–Crippen MR) is 88.6 cm³/mol. The molecule has 1 saturated heterocycles. The number of aliphatic imine (C=N–C) groups is 1. The lowest BCUT2D eigenvalue weighted by molar-refractivity contribution is 0.299. The molecule has 0 aromatic carbocycles. The molecule has 0 aliphatic carbocycles. The molecule has 0 amide bonds. The van der Waals surface area contributed by atoms with E-state index in [-0.39, 0.29) is 11.5 Å². The summed E-state index contributed by atoms with van der Waals surface area (Å²) >= 11 is 0. The molecule has 7 heteroatoms. The minimum Gasteiger partial charge on any atom is -0.356 e. The zero-order valence-corrected chi connectivity index (χ0v) is 14.2. The topological polar surface area (TPSA) is 73.8 Å². The van der Waals surface area contributed by atoms with Crippen LogP contribution in [-0.4, -0.2) is 70.6 Å². The molecule has 0 radical (unpaired) electrons. The molecule has 1 heterocycles. The summed E-state index contributed by atoms with van der Waals surface area (Å²) < 4.78 is 22.7. The highest BCUT2D eigenvalue weighted by Gasteiger charge is 2.20. The van der Waals surface area contributed by atoms with E-state index in [1.54, 1.807) is 7.05 Å².